The van der Waals surface area contributed by atoms with Crippen LogP contribution in [0.15, 0.2) is 35.7 Å². The SMILES string of the molecule is CC[C@@H](N)c1ccc(C2C(O)CC(Cl)C3NC(=O)C4SC=CC4C32)cc1. The Morgan fingerprint density at radius 1 is 1.38 bits per heavy atom. The van der Waals surface area contributed by atoms with Crippen LogP contribution in [0.2, 0.25) is 0 Å². The minimum Gasteiger partial charge on any atom is -0.392 e. The van der Waals surface area contributed by atoms with E-state index in [4.69, 9.17) is 17.3 Å². The number of benzene rings is 1. The van der Waals surface area contributed by atoms with Crippen molar-refractivity contribution in [2.24, 2.45) is 17.6 Å². The van der Waals surface area contributed by atoms with E-state index in [1.54, 1.807) is 11.8 Å². The Bertz CT molecular complexity index is 710. The van der Waals surface area contributed by atoms with Crippen molar-refractivity contribution in [1.82, 2.24) is 5.32 Å². The molecule has 0 bridgehead atoms. The molecule has 6 heteroatoms. The molecular formula is C20H25ClN2O2S. The maximum Gasteiger partial charge on any atom is 0.234 e. The number of nitrogens with two attached hydrogens (primary N) is 1. The topological polar surface area (TPSA) is 75.3 Å². The fourth-order valence-corrected chi connectivity index (χ4v) is 6.28. The summed E-state index contributed by atoms with van der Waals surface area (Å²) in [5.74, 6) is 0.230. The van der Waals surface area contributed by atoms with Gasteiger partial charge in [0, 0.05) is 23.9 Å². The molecule has 1 amide bonds. The minimum absolute atomic E-state index is 0.0350. The van der Waals surface area contributed by atoms with Crippen molar-refractivity contribution in [2.75, 3.05) is 0 Å². The quantitative estimate of drug-likeness (QED) is 0.691. The number of allylic oxidation sites excluding steroid dienone is 1. The highest BCUT2D eigenvalue weighted by molar-refractivity contribution is 8.03. The Morgan fingerprint density at radius 2 is 2.12 bits per heavy atom. The van der Waals surface area contributed by atoms with Gasteiger partial charge >= 0.3 is 0 Å². The average Bonchev–Trinajstić information content (AvgIpc) is 3.13. The summed E-state index contributed by atoms with van der Waals surface area (Å²) in [6.07, 6.45) is 2.99. The molecule has 0 spiro atoms. The van der Waals surface area contributed by atoms with Crippen molar-refractivity contribution in [3.8, 4) is 0 Å². The van der Waals surface area contributed by atoms with Gasteiger partial charge in [-0.2, -0.15) is 0 Å². The summed E-state index contributed by atoms with van der Waals surface area (Å²) in [5.41, 5.74) is 8.34. The van der Waals surface area contributed by atoms with Crippen LogP contribution in [0, 0.1) is 11.8 Å². The van der Waals surface area contributed by atoms with Crippen LogP contribution in [0.25, 0.3) is 0 Å². The highest BCUT2D eigenvalue weighted by Gasteiger charge is 2.54. The third-order valence-corrected chi connectivity index (χ3v) is 7.76. The lowest BCUT2D eigenvalue weighted by molar-refractivity contribution is -0.126. The number of aliphatic hydroxyl groups excluding tert-OH is 1. The summed E-state index contributed by atoms with van der Waals surface area (Å²) in [6, 6.07) is 8.22. The molecule has 0 radical (unpaired) electrons. The molecule has 1 aliphatic carbocycles. The molecule has 8 atom stereocenters. The first-order valence-corrected chi connectivity index (χ1v) is 10.7. The van der Waals surface area contributed by atoms with Gasteiger partial charge in [0.25, 0.3) is 0 Å². The number of hydrogen-bond acceptors (Lipinski definition) is 4. The minimum atomic E-state index is -0.515. The average molecular weight is 393 g/mol. The van der Waals surface area contributed by atoms with E-state index in [1.165, 1.54) is 0 Å². The first-order valence-electron chi connectivity index (χ1n) is 9.31. The molecule has 1 aromatic rings. The highest BCUT2D eigenvalue weighted by Crippen LogP contribution is 2.51. The molecule has 4 rings (SSSR count). The lowest BCUT2D eigenvalue weighted by atomic mass is 9.63. The van der Waals surface area contributed by atoms with Gasteiger partial charge in [-0.25, -0.2) is 0 Å². The van der Waals surface area contributed by atoms with Gasteiger partial charge in [-0.1, -0.05) is 37.3 Å². The Balaban J connectivity index is 1.69. The summed E-state index contributed by atoms with van der Waals surface area (Å²) < 4.78 is 0. The molecule has 1 saturated carbocycles. The number of alkyl halides is 1. The zero-order valence-corrected chi connectivity index (χ0v) is 16.3. The Hall–Kier alpha value is -1.01. The molecule has 140 valence electrons. The largest absolute Gasteiger partial charge is 0.392 e. The molecule has 0 aromatic heterocycles. The number of thioether (sulfide) groups is 1. The number of aliphatic hydroxyl groups is 1. The second-order valence-electron chi connectivity index (χ2n) is 7.60. The molecule has 1 aromatic carbocycles. The van der Waals surface area contributed by atoms with E-state index in [2.05, 4.69) is 42.6 Å². The number of halogens is 1. The molecule has 4 N–H and O–H groups in total. The molecule has 26 heavy (non-hydrogen) atoms. The van der Waals surface area contributed by atoms with E-state index in [-0.39, 0.29) is 46.4 Å². The summed E-state index contributed by atoms with van der Waals surface area (Å²) in [4.78, 5) is 12.4. The van der Waals surface area contributed by atoms with Crippen LogP contribution < -0.4 is 11.1 Å². The van der Waals surface area contributed by atoms with Crippen LogP contribution in [0.1, 0.15) is 42.9 Å². The number of piperidine rings is 1. The molecular weight excluding hydrogens is 368 g/mol. The van der Waals surface area contributed by atoms with Gasteiger partial charge in [-0.3, -0.25) is 4.79 Å². The third-order valence-electron chi connectivity index (χ3n) is 6.18. The van der Waals surface area contributed by atoms with Crippen LogP contribution >= 0.6 is 23.4 Å². The molecule has 2 aliphatic heterocycles. The van der Waals surface area contributed by atoms with Gasteiger partial charge in [-0.05, 0) is 35.3 Å². The number of fused-ring (bicyclic) bond motifs is 3. The van der Waals surface area contributed by atoms with Gasteiger partial charge in [0.2, 0.25) is 5.91 Å². The summed E-state index contributed by atoms with van der Waals surface area (Å²) in [7, 11) is 0. The van der Waals surface area contributed by atoms with E-state index in [1.807, 2.05) is 5.41 Å². The maximum absolute atomic E-state index is 12.4. The van der Waals surface area contributed by atoms with Crippen LogP contribution in [0.3, 0.4) is 0 Å². The van der Waals surface area contributed by atoms with Crippen molar-refractivity contribution >= 4 is 29.3 Å². The summed E-state index contributed by atoms with van der Waals surface area (Å²) >= 11 is 8.12. The second-order valence-corrected chi connectivity index (χ2v) is 9.21. The summed E-state index contributed by atoms with van der Waals surface area (Å²) in [6.45, 7) is 2.07. The number of carbonyl (C=O) groups excluding carboxylic acids is 1. The molecule has 4 nitrogen and oxygen atoms in total. The van der Waals surface area contributed by atoms with Crippen molar-refractivity contribution in [2.45, 2.75) is 54.5 Å². The normalized spacial score (nSPS) is 39.8. The van der Waals surface area contributed by atoms with Crippen molar-refractivity contribution in [3.05, 3.63) is 46.9 Å². The fourth-order valence-electron chi connectivity index (χ4n) is 4.78. The molecule has 3 aliphatic rings. The number of hydrogen-bond donors (Lipinski definition) is 3. The van der Waals surface area contributed by atoms with Crippen molar-refractivity contribution in [1.29, 1.82) is 0 Å². The molecule has 7 unspecified atom stereocenters. The predicted molar refractivity (Wildman–Crippen MR) is 106 cm³/mol. The number of carbonyl (C=O) groups is 1. The second kappa shape index (κ2) is 7.19. The predicted octanol–water partition coefficient (Wildman–Crippen LogP) is 2.91. The van der Waals surface area contributed by atoms with E-state index < -0.39 is 6.10 Å². The molecule has 2 fully saturated rings. The summed E-state index contributed by atoms with van der Waals surface area (Å²) in [5, 5.41) is 15.7. The monoisotopic (exact) mass is 392 g/mol. The van der Waals surface area contributed by atoms with Gasteiger partial charge in [-0.15, -0.1) is 23.4 Å². The maximum atomic E-state index is 12.4. The van der Waals surface area contributed by atoms with Crippen LogP contribution in [-0.4, -0.2) is 33.8 Å². The first kappa shape index (κ1) is 18.4. The van der Waals surface area contributed by atoms with Crippen molar-refractivity contribution in [3.63, 3.8) is 0 Å². The Morgan fingerprint density at radius 3 is 2.81 bits per heavy atom. The molecule has 1 saturated heterocycles. The van der Waals surface area contributed by atoms with Gasteiger partial charge < -0.3 is 16.2 Å². The highest BCUT2D eigenvalue weighted by atomic mass is 35.5. The number of amides is 1. The third kappa shape index (κ3) is 2.99. The van der Waals surface area contributed by atoms with E-state index in [9.17, 15) is 9.90 Å². The van der Waals surface area contributed by atoms with Crippen LogP contribution in [0.5, 0.6) is 0 Å². The zero-order chi connectivity index (χ0) is 18.4. The first-order chi connectivity index (χ1) is 12.5. The number of rotatable bonds is 3. The number of nitrogens with one attached hydrogen (secondary N) is 1. The Labute approximate surface area is 163 Å². The van der Waals surface area contributed by atoms with E-state index in [0.29, 0.717) is 6.42 Å². The fraction of sp³-hybridized carbons (Fsp3) is 0.550. The van der Waals surface area contributed by atoms with Gasteiger partial charge in [0.05, 0.1) is 16.7 Å². The van der Waals surface area contributed by atoms with Crippen LogP contribution in [0.4, 0.5) is 0 Å². The molecule has 2 heterocycles. The lowest BCUT2D eigenvalue weighted by Gasteiger charge is -2.50. The lowest BCUT2D eigenvalue weighted by Crippen LogP contribution is -2.63. The standard InChI is InChI=1S/C20H25ClN2O2S/c1-2-14(22)10-3-5-11(6-4-10)16-15(24)9-13(21)18-17(16)12-7-8-26-19(12)20(25)23-18/h3-8,12-19,24H,2,9,22H2,1H3,(H,23,25)/t12?,13?,14-,15?,16?,17?,18?,19?/m1/s1. The van der Waals surface area contributed by atoms with Crippen LogP contribution in [-0.2, 0) is 4.79 Å². The zero-order valence-electron chi connectivity index (χ0n) is 14.7. The van der Waals surface area contributed by atoms with E-state index >= 15 is 0 Å². The smallest absolute Gasteiger partial charge is 0.234 e. The van der Waals surface area contributed by atoms with Gasteiger partial charge in [0.1, 0.15) is 0 Å². The van der Waals surface area contributed by atoms with E-state index in [0.717, 1.165) is 17.5 Å². The van der Waals surface area contributed by atoms with Gasteiger partial charge in [0.15, 0.2) is 0 Å². The Kier molecular flexibility index (Phi) is 5.08. The van der Waals surface area contributed by atoms with Crippen molar-refractivity contribution < 1.29 is 9.90 Å².